The molecule has 0 atom stereocenters. The summed E-state index contributed by atoms with van der Waals surface area (Å²) in [6.07, 6.45) is 4.72. The van der Waals surface area contributed by atoms with Crippen LogP contribution in [0, 0.1) is 5.92 Å². The van der Waals surface area contributed by atoms with Gasteiger partial charge in [0.25, 0.3) is 0 Å². The Hall–Kier alpha value is -3.25. The van der Waals surface area contributed by atoms with E-state index in [1.807, 2.05) is 32.3 Å². The zero-order valence-corrected chi connectivity index (χ0v) is 19.5. The molecule has 33 heavy (non-hydrogen) atoms. The molecule has 1 saturated carbocycles. The molecule has 0 aliphatic heterocycles. The molecule has 6 heteroatoms. The first kappa shape index (κ1) is 21.6. The second kappa shape index (κ2) is 9.71. The van der Waals surface area contributed by atoms with Crippen molar-refractivity contribution in [3.8, 4) is 0 Å². The molecule has 6 nitrogen and oxygen atoms in total. The maximum Gasteiger partial charge on any atom is 0.225 e. The molecule has 170 valence electrons. The van der Waals surface area contributed by atoms with Crippen LogP contribution in [0.3, 0.4) is 0 Å². The predicted octanol–water partition coefficient (Wildman–Crippen LogP) is 5.00. The molecule has 0 amide bonds. The predicted molar refractivity (Wildman–Crippen MR) is 137 cm³/mol. The van der Waals surface area contributed by atoms with Crippen LogP contribution < -0.4 is 15.5 Å². The fourth-order valence-corrected chi connectivity index (χ4v) is 4.77. The van der Waals surface area contributed by atoms with Gasteiger partial charge in [-0.15, -0.1) is 0 Å². The lowest BCUT2D eigenvalue weighted by Gasteiger charge is -2.29. The van der Waals surface area contributed by atoms with E-state index in [-0.39, 0.29) is 0 Å². The molecular weight excluding hydrogens is 408 g/mol. The average molecular weight is 441 g/mol. The molecule has 2 aromatic heterocycles. The molecule has 0 radical (unpaired) electrons. The van der Waals surface area contributed by atoms with Gasteiger partial charge >= 0.3 is 0 Å². The third-order valence-corrected chi connectivity index (χ3v) is 6.58. The van der Waals surface area contributed by atoms with E-state index in [0.29, 0.717) is 12.0 Å². The van der Waals surface area contributed by atoms with Crippen molar-refractivity contribution in [3.63, 3.8) is 0 Å². The second-order valence-electron chi connectivity index (χ2n) is 9.27. The number of nitrogens with zero attached hydrogens (tertiary/aromatic N) is 4. The van der Waals surface area contributed by atoms with Gasteiger partial charge in [0.05, 0.1) is 16.7 Å². The van der Waals surface area contributed by atoms with Crippen LogP contribution in [0.2, 0.25) is 0 Å². The normalized spacial score (nSPS) is 18.5. The van der Waals surface area contributed by atoms with Crippen LogP contribution in [-0.2, 0) is 6.54 Å². The largest absolute Gasteiger partial charge is 0.362 e. The number of nitrogens with one attached hydrogen (secondary N) is 2. The Balaban J connectivity index is 1.13. The molecule has 1 aliphatic carbocycles. The highest BCUT2D eigenvalue weighted by Crippen LogP contribution is 2.28. The van der Waals surface area contributed by atoms with Crippen molar-refractivity contribution in [1.29, 1.82) is 0 Å². The Morgan fingerprint density at radius 2 is 1.58 bits per heavy atom. The Bertz CT molecular complexity index is 1230. The topological polar surface area (TPSA) is 66.0 Å². The molecule has 0 saturated heterocycles. The zero-order valence-electron chi connectivity index (χ0n) is 19.5. The lowest BCUT2D eigenvalue weighted by molar-refractivity contribution is 0.323. The molecule has 2 N–H and O–H groups in total. The van der Waals surface area contributed by atoms with Crippen molar-refractivity contribution in [2.45, 2.75) is 38.3 Å². The summed E-state index contributed by atoms with van der Waals surface area (Å²) in [6, 6.07) is 21.2. The van der Waals surface area contributed by atoms with Crippen molar-refractivity contribution in [1.82, 2.24) is 20.3 Å². The first-order chi connectivity index (χ1) is 16.2. The van der Waals surface area contributed by atoms with Gasteiger partial charge in [-0.1, -0.05) is 36.4 Å². The number of fused-ring (bicyclic) bond motifs is 2. The van der Waals surface area contributed by atoms with Gasteiger partial charge in [-0.2, -0.15) is 4.98 Å². The monoisotopic (exact) mass is 440 g/mol. The number of hydrogen-bond donors (Lipinski definition) is 2. The van der Waals surface area contributed by atoms with E-state index in [1.165, 1.54) is 18.2 Å². The molecule has 0 unspecified atom stereocenters. The molecule has 1 aliphatic rings. The van der Waals surface area contributed by atoms with Gasteiger partial charge in [0.1, 0.15) is 5.82 Å². The molecule has 0 bridgehead atoms. The number of para-hydroxylation sites is 2. The lowest BCUT2D eigenvalue weighted by Crippen LogP contribution is -2.31. The van der Waals surface area contributed by atoms with Gasteiger partial charge in [0.2, 0.25) is 5.95 Å². The van der Waals surface area contributed by atoms with Gasteiger partial charge in [0.15, 0.2) is 0 Å². The van der Waals surface area contributed by atoms with E-state index in [9.17, 15) is 0 Å². The molecule has 2 heterocycles. The van der Waals surface area contributed by atoms with E-state index in [1.54, 1.807) is 0 Å². The van der Waals surface area contributed by atoms with Crippen molar-refractivity contribution in [3.05, 3.63) is 66.4 Å². The van der Waals surface area contributed by atoms with Crippen LogP contribution in [0.4, 0.5) is 11.8 Å². The van der Waals surface area contributed by atoms with Crippen molar-refractivity contribution < 1.29 is 0 Å². The highest BCUT2D eigenvalue weighted by atomic mass is 15.2. The minimum absolute atomic E-state index is 0.430. The quantitative estimate of drug-likeness (QED) is 0.421. The minimum Gasteiger partial charge on any atom is -0.362 e. The smallest absolute Gasteiger partial charge is 0.225 e. The summed E-state index contributed by atoms with van der Waals surface area (Å²) < 4.78 is 0. The number of rotatable bonds is 7. The first-order valence-corrected chi connectivity index (χ1v) is 11.9. The second-order valence-corrected chi connectivity index (χ2v) is 9.27. The molecule has 2 aromatic carbocycles. The average Bonchev–Trinajstić information content (AvgIpc) is 2.84. The summed E-state index contributed by atoms with van der Waals surface area (Å²) in [6.45, 7) is 1.86. The van der Waals surface area contributed by atoms with Crippen molar-refractivity contribution in [2.75, 3.05) is 30.9 Å². The SMILES string of the molecule is CN(C)c1nc(NC2CCC(CNCc3ccc4ccccc4n3)CC2)nc2ccccc12. The summed E-state index contributed by atoms with van der Waals surface area (Å²) in [4.78, 5) is 16.4. The number of anilines is 2. The zero-order chi connectivity index (χ0) is 22.6. The van der Waals surface area contributed by atoms with Crippen LogP contribution >= 0.6 is 0 Å². The Kier molecular flexibility index (Phi) is 6.35. The van der Waals surface area contributed by atoms with E-state index in [4.69, 9.17) is 15.0 Å². The lowest BCUT2D eigenvalue weighted by atomic mass is 9.86. The van der Waals surface area contributed by atoms with Gasteiger partial charge in [-0.25, -0.2) is 4.98 Å². The molecular formula is C27H32N6. The Morgan fingerprint density at radius 1 is 0.818 bits per heavy atom. The van der Waals surface area contributed by atoms with Crippen LogP contribution in [0.15, 0.2) is 60.7 Å². The van der Waals surface area contributed by atoms with E-state index in [0.717, 1.165) is 59.8 Å². The fourth-order valence-electron chi connectivity index (χ4n) is 4.77. The molecule has 4 aromatic rings. The third-order valence-electron chi connectivity index (χ3n) is 6.58. The maximum absolute atomic E-state index is 4.80. The van der Waals surface area contributed by atoms with Gasteiger partial charge < -0.3 is 15.5 Å². The van der Waals surface area contributed by atoms with Crippen molar-refractivity contribution in [2.24, 2.45) is 5.92 Å². The van der Waals surface area contributed by atoms with Gasteiger partial charge in [-0.3, -0.25) is 4.98 Å². The van der Waals surface area contributed by atoms with Crippen LogP contribution in [0.25, 0.3) is 21.8 Å². The highest BCUT2D eigenvalue weighted by Gasteiger charge is 2.22. The fraction of sp³-hybridized carbons (Fsp3) is 0.370. The van der Waals surface area contributed by atoms with Gasteiger partial charge in [-0.05, 0) is 62.4 Å². The third kappa shape index (κ3) is 5.06. The van der Waals surface area contributed by atoms with Crippen LogP contribution in [0.5, 0.6) is 0 Å². The molecule has 0 spiro atoms. The van der Waals surface area contributed by atoms with E-state index >= 15 is 0 Å². The van der Waals surface area contributed by atoms with Crippen LogP contribution in [-0.4, -0.2) is 41.6 Å². The Labute approximate surface area is 195 Å². The van der Waals surface area contributed by atoms with E-state index < -0.39 is 0 Å². The Morgan fingerprint density at radius 3 is 2.39 bits per heavy atom. The number of pyridine rings is 1. The summed E-state index contributed by atoms with van der Waals surface area (Å²) in [7, 11) is 4.06. The minimum atomic E-state index is 0.430. The molecule has 5 rings (SSSR count). The number of benzene rings is 2. The van der Waals surface area contributed by atoms with E-state index in [2.05, 4.69) is 58.0 Å². The highest BCUT2D eigenvalue weighted by molar-refractivity contribution is 5.90. The number of hydrogen-bond acceptors (Lipinski definition) is 6. The molecule has 1 fully saturated rings. The summed E-state index contributed by atoms with van der Waals surface area (Å²) in [5, 5.41) is 9.52. The summed E-state index contributed by atoms with van der Waals surface area (Å²) >= 11 is 0. The summed E-state index contributed by atoms with van der Waals surface area (Å²) in [5.74, 6) is 2.41. The van der Waals surface area contributed by atoms with Crippen molar-refractivity contribution >= 4 is 33.6 Å². The first-order valence-electron chi connectivity index (χ1n) is 11.9. The van der Waals surface area contributed by atoms with Gasteiger partial charge in [0, 0.05) is 37.5 Å². The van der Waals surface area contributed by atoms with Crippen LogP contribution in [0.1, 0.15) is 31.4 Å². The standard InChI is InChI=1S/C27H32N6/c1-33(2)26-23-8-4-6-10-25(23)31-27(32-26)30-21-14-11-19(12-15-21)17-28-18-22-16-13-20-7-3-5-9-24(20)29-22/h3-10,13,16,19,21,28H,11-12,14-15,17-18H2,1-2H3,(H,30,31,32). The number of aromatic nitrogens is 3. The summed E-state index contributed by atoms with van der Waals surface area (Å²) in [5.41, 5.74) is 3.16. The maximum atomic E-state index is 4.80.